The molecule has 2 unspecified atom stereocenters. The predicted octanol–water partition coefficient (Wildman–Crippen LogP) is 20.0. The Morgan fingerprint density at radius 1 is 0.386 bits per heavy atom. The fourth-order valence-corrected chi connectivity index (χ4v) is 10.2. The second-order valence-corrected chi connectivity index (χ2v) is 22.1. The molecule has 0 saturated heterocycles. The van der Waals surface area contributed by atoms with Crippen molar-refractivity contribution in [2.45, 2.75) is 373 Å². The zero-order valence-electron chi connectivity index (χ0n) is 47.5. The van der Waals surface area contributed by atoms with Crippen LogP contribution in [0.5, 0.6) is 0 Å². The normalized spacial score (nSPS) is 12.6. The first kappa shape index (κ1) is 68.6. The van der Waals surface area contributed by atoms with Crippen molar-refractivity contribution in [1.82, 2.24) is 5.32 Å². The summed E-state index contributed by atoms with van der Waals surface area (Å²) in [5.74, 6) is -0.0249. The smallest absolute Gasteiger partial charge is 0.305 e. The summed E-state index contributed by atoms with van der Waals surface area (Å²) in [7, 11) is 0. The van der Waals surface area contributed by atoms with E-state index in [1.165, 1.54) is 283 Å². The molecule has 1 amide bonds. The lowest BCUT2D eigenvalue weighted by molar-refractivity contribution is -0.143. The third-order valence-electron chi connectivity index (χ3n) is 15.1. The van der Waals surface area contributed by atoms with Crippen LogP contribution in [0.1, 0.15) is 361 Å². The molecule has 0 spiro atoms. The van der Waals surface area contributed by atoms with Crippen LogP contribution in [0.3, 0.4) is 0 Å². The Kier molecular flexibility index (Phi) is 59.0. The maximum absolute atomic E-state index is 12.5. The van der Waals surface area contributed by atoms with Crippen LogP contribution in [0, 0.1) is 0 Å². The highest BCUT2D eigenvalue weighted by Gasteiger charge is 2.20. The van der Waals surface area contributed by atoms with E-state index in [-0.39, 0.29) is 18.5 Å². The van der Waals surface area contributed by atoms with Gasteiger partial charge in [0.15, 0.2) is 0 Å². The van der Waals surface area contributed by atoms with Crippen LogP contribution in [0.25, 0.3) is 0 Å². The fourth-order valence-electron chi connectivity index (χ4n) is 10.2. The lowest BCUT2D eigenvalue weighted by Gasteiger charge is -2.22. The van der Waals surface area contributed by atoms with E-state index < -0.39 is 12.1 Å². The molecule has 0 aromatic carbocycles. The molecule has 416 valence electrons. The van der Waals surface area contributed by atoms with Crippen molar-refractivity contribution in [3.8, 4) is 0 Å². The van der Waals surface area contributed by atoms with E-state index in [1.54, 1.807) is 0 Å². The van der Waals surface area contributed by atoms with Crippen LogP contribution < -0.4 is 5.32 Å². The standard InChI is InChI=1S/C64H125NO5/c1-3-5-7-9-11-13-15-17-19-29-32-36-40-44-48-52-56-62(67)61(60-66)65-63(68)57-53-49-45-41-37-33-30-27-25-23-21-20-22-24-26-28-31-35-39-43-47-51-55-59-70-64(69)58-54-50-46-42-38-34-18-16-14-12-10-8-6-4-2/h16,18,61-62,66-67H,3-15,17,19-60H2,1-2H3,(H,65,68)/b18-16-. The second-order valence-electron chi connectivity index (χ2n) is 22.1. The number of allylic oxidation sites excluding steroid dienone is 2. The zero-order chi connectivity index (χ0) is 50.7. The quantitative estimate of drug-likeness (QED) is 0.0321. The van der Waals surface area contributed by atoms with Gasteiger partial charge in [-0.25, -0.2) is 0 Å². The topological polar surface area (TPSA) is 95.9 Å². The van der Waals surface area contributed by atoms with Crippen molar-refractivity contribution >= 4 is 11.9 Å². The number of amides is 1. The highest BCUT2D eigenvalue weighted by molar-refractivity contribution is 5.76. The molecule has 70 heavy (non-hydrogen) atoms. The summed E-state index contributed by atoms with van der Waals surface area (Å²) in [6.45, 7) is 4.97. The molecule has 6 nitrogen and oxygen atoms in total. The van der Waals surface area contributed by atoms with Crippen molar-refractivity contribution in [2.24, 2.45) is 0 Å². The average Bonchev–Trinajstić information content (AvgIpc) is 3.36. The van der Waals surface area contributed by atoms with Crippen LogP contribution in [-0.4, -0.2) is 47.4 Å². The Hall–Kier alpha value is -1.40. The Balaban J connectivity index is 3.36. The van der Waals surface area contributed by atoms with Gasteiger partial charge in [0.1, 0.15) is 0 Å². The Bertz CT molecular complexity index is 1050. The van der Waals surface area contributed by atoms with Crippen LogP contribution in [0.2, 0.25) is 0 Å². The number of carbonyl (C=O) groups is 2. The van der Waals surface area contributed by atoms with Gasteiger partial charge in [-0.3, -0.25) is 9.59 Å². The SMILES string of the molecule is CCCCCCC/C=C\CCCCCCCC(=O)OCCCCCCCCCCCCCCCCCCCCCCCCCC(=O)NC(CO)C(O)CCCCCCCCCCCCCCCCCC. The monoisotopic (exact) mass is 988 g/mol. The molecule has 0 aliphatic heterocycles. The zero-order valence-corrected chi connectivity index (χ0v) is 47.5. The van der Waals surface area contributed by atoms with Gasteiger partial charge in [0.25, 0.3) is 0 Å². The Labute approximate surface area is 438 Å². The van der Waals surface area contributed by atoms with Crippen molar-refractivity contribution in [1.29, 1.82) is 0 Å². The van der Waals surface area contributed by atoms with Crippen LogP contribution >= 0.6 is 0 Å². The molecule has 0 aromatic heterocycles. The Morgan fingerprint density at radius 2 is 0.671 bits per heavy atom. The summed E-state index contributed by atoms with van der Waals surface area (Å²) in [6, 6.07) is -0.540. The van der Waals surface area contributed by atoms with Crippen molar-refractivity contribution in [3.05, 3.63) is 12.2 Å². The molecule has 3 N–H and O–H groups in total. The number of esters is 1. The minimum absolute atomic E-state index is 0.00664. The molecule has 0 fully saturated rings. The average molecular weight is 989 g/mol. The van der Waals surface area contributed by atoms with Crippen molar-refractivity contribution in [3.63, 3.8) is 0 Å². The van der Waals surface area contributed by atoms with Gasteiger partial charge < -0.3 is 20.3 Å². The maximum atomic E-state index is 12.5. The molecule has 2 atom stereocenters. The fraction of sp³-hybridized carbons (Fsp3) is 0.938. The van der Waals surface area contributed by atoms with Gasteiger partial charge in [-0.15, -0.1) is 0 Å². The van der Waals surface area contributed by atoms with E-state index in [9.17, 15) is 19.8 Å². The highest BCUT2D eigenvalue weighted by Crippen LogP contribution is 2.18. The summed E-state index contributed by atoms with van der Waals surface area (Å²) in [4.78, 5) is 24.5. The van der Waals surface area contributed by atoms with Crippen LogP contribution in [0.15, 0.2) is 12.2 Å². The predicted molar refractivity (Wildman–Crippen MR) is 306 cm³/mol. The van der Waals surface area contributed by atoms with Gasteiger partial charge in [0, 0.05) is 12.8 Å². The maximum Gasteiger partial charge on any atom is 0.305 e. The first-order valence-corrected chi connectivity index (χ1v) is 31.9. The molecule has 0 saturated carbocycles. The number of hydrogen-bond acceptors (Lipinski definition) is 5. The minimum atomic E-state index is -0.663. The number of rotatable bonds is 60. The lowest BCUT2D eigenvalue weighted by atomic mass is 10.0. The molecule has 0 aliphatic rings. The number of aliphatic hydroxyl groups is 2. The van der Waals surface area contributed by atoms with E-state index in [2.05, 4.69) is 31.3 Å². The van der Waals surface area contributed by atoms with Gasteiger partial charge in [0.05, 0.1) is 25.4 Å². The number of ether oxygens (including phenoxy) is 1. The molecule has 6 heteroatoms. The second kappa shape index (κ2) is 60.2. The van der Waals surface area contributed by atoms with Gasteiger partial charge >= 0.3 is 5.97 Å². The summed E-state index contributed by atoms with van der Waals surface area (Å²) in [6.07, 6.45) is 72.2. The highest BCUT2D eigenvalue weighted by atomic mass is 16.5. The number of carbonyl (C=O) groups excluding carboxylic acids is 2. The molecular weight excluding hydrogens is 863 g/mol. The van der Waals surface area contributed by atoms with Gasteiger partial charge in [-0.2, -0.15) is 0 Å². The third kappa shape index (κ3) is 55.9. The molecular formula is C64H125NO5. The Morgan fingerprint density at radius 3 is 1.01 bits per heavy atom. The number of hydrogen-bond donors (Lipinski definition) is 3. The molecule has 0 heterocycles. The van der Waals surface area contributed by atoms with Gasteiger partial charge in [0.2, 0.25) is 5.91 Å². The van der Waals surface area contributed by atoms with Gasteiger partial charge in [-0.05, 0) is 51.4 Å². The summed E-state index contributed by atoms with van der Waals surface area (Å²) in [5, 5.41) is 23.3. The first-order chi connectivity index (χ1) is 34.5. The van der Waals surface area contributed by atoms with E-state index in [0.29, 0.717) is 25.9 Å². The molecule has 0 aromatic rings. The van der Waals surface area contributed by atoms with E-state index in [0.717, 1.165) is 44.9 Å². The van der Waals surface area contributed by atoms with Crippen molar-refractivity contribution < 1.29 is 24.5 Å². The molecule has 0 rings (SSSR count). The van der Waals surface area contributed by atoms with Gasteiger partial charge in [-0.1, -0.05) is 309 Å². The summed E-state index contributed by atoms with van der Waals surface area (Å²) < 4.78 is 5.48. The van der Waals surface area contributed by atoms with Crippen molar-refractivity contribution in [2.75, 3.05) is 13.2 Å². The lowest BCUT2D eigenvalue weighted by Crippen LogP contribution is -2.45. The molecule has 0 bridgehead atoms. The van der Waals surface area contributed by atoms with E-state index in [4.69, 9.17) is 4.74 Å². The summed E-state index contributed by atoms with van der Waals surface area (Å²) in [5.41, 5.74) is 0. The molecule has 0 radical (unpaired) electrons. The first-order valence-electron chi connectivity index (χ1n) is 31.9. The summed E-state index contributed by atoms with van der Waals surface area (Å²) >= 11 is 0. The number of aliphatic hydroxyl groups excluding tert-OH is 2. The van der Waals surface area contributed by atoms with Crippen LogP contribution in [0.4, 0.5) is 0 Å². The van der Waals surface area contributed by atoms with E-state index in [1.807, 2.05) is 0 Å². The minimum Gasteiger partial charge on any atom is -0.466 e. The number of nitrogens with one attached hydrogen (secondary N) is 1. The number of unbranched alkanes of at least 4 members (excludes halogenated alkanes) is 47. The van der Waals surface area contributed by atoms with Crippen LogP contribution in [-0.2, 0) is 14.3 Å². The van der Waals surface area contributed by atoms with E-state index >= 15 is 0 Å². The third-order valence-corrected chi connectivity index (χ3v) is 15.1. The largest absolute Gasteiger partial charge is 0.466 e. The molecule has 0 aliphatic carbocycles.